The van der Waals surface area contributed by atoms with E-state index in [9.17, 15) is 0 Å². The molecule has 0 fully saturated rings. The first-order chi connectivity index (χ1) is 18.0. The highest BCUT2D eigenvalue weighted by Crippen LogP contribution is 2.49. The minimum absolute atomic E-state index is 0.00749. The number of hydrogen-bond acceptors (Lipinski definition) is 9. The molecule has 0 spiro atoms. The molecule has 186 valence electrons. The van der Waals surface area contributed by atoms with Gasteiger partial charge in [0.05, 0.1) is 23.9 Å². The van der Waals surface area contributed by atoms with E-state index in [-0.39, 0.29) is 11.8 Å². The molecule has 0 aliphatic carbocycles. The summed E-state index contributed by atoms with van der Waals surface area (Å²) in [4.78, 5) is 19.0. The fourth-order valence-electron chi connectivity index (χ4n) is 4.78. The predicted octanol–water partition coefficient (Wildman–Crippen LogP) is 4.45. The van der Waals surface area contributed by atoms with Gasteiger partial charge in [0.15, 0.2) is 17.3 Å². The summed E-state index contributed by atoms with van der Waals surface area (Å²) in [6.07, 6.45) is 2.99. The van der Waals surface area contributed by atoms with Crippen molar-refractivity contribution in [1.29, 1.82) is 0 Å². The first-order valence-electron chi connectivity index (χ1n) is 11.6. The molecule has 10 nitrogen and oxygen atoms in total. The molecule has 0 radical (unpaired) electrons. The molecule has 5 aromatic rings. The normalized spacial score (nSPS) is 12.7. The molecule has 0 amide bonds. The van der Waals surface area contributed by atoms with Crippen molar-refractivity contribution >= 4 is 34.0 Å². The second-order valence-electron chi connectivity index (χ2n) is 8.59. The van der Waals surface area contributed by atoms with Crippen molar-refractivity contribution in [2.75, 3.05) is 30.0 Å². The van der Waals surface area contributed by atoms with Gasteiger partial charge in [-0.3, -0.25) is 0 Å². The lowest BCUT2D eigenvalue weighted by Crippen LogP contribution is -2.15. The summed E-state index contributed by atoms with van der Waals surface area (Å²) in [5, 5.41) is 0.639. The maximum atomic E-state index is 15.4. The smallest absolute Gasteiger partial charge is 0.322 e. The minimum Gasteiger partial charge on any atom is -0.492 e. The van der Waals surface area contributed by atoms with Crippen molar-refractivity contribution in [3.8, 4) is 28.6 Å². The van der Waals surface area contributed by atoms with Crippen molar-refractivity contribution in [1.82, 2.24) is 24.5 Å². The predicted molar refractivity (Wildman–Crippen MR) is 139 cm³/mol. The summed E-state index contributed by atoms with van der Waals surface area (Å²) in [6, 6.07) is 12.1. The number of para-hydroxylation sites is 1. The van der Waals surface area contributed by atoms with Crippen LogP contribution in [0.5, 0.6) is 17.5 Å². The summed E-state index contributed by atoms with van der Waals surface area (Å²) < 4.78 is 28.7. The van der Waals surface area contributed by atoms with Gasteiger partial charge in [-0.1, -0.05) is 12.1 Å². The molecule has 6 rings (SSSR count). The Balaban J connectivity index is 1.52. The zero-order valence-corrected chi connectivity index (χ0v) is 20.1. The molecule has 37 heavy (non-hydrogen) atoms. The number of nitrogens with two attached hydrogens (primary N) is 2. The van der Waals surface area contributed by atoms with Crippen molar-refractivity contribution in [3.63, 3.8) is 0 Å². The van der Waals surface area contributed by atoms with Gasteiger partial charge in [-0.15, -0.1) is 0 Å². The van der Waals surface area contributed by atoms with E-state index in [2.05, 4.69) is 24.8 Å². The van der Waals surface area contributed by atoms with Crippen LogP contribution in [0, 0.1) is 12.7 Å². The zero-order valence-electron chi connectivity index (χ0n) is 20.1. The van der Waals surface area contributed by atoms with Gasteiger partial charge in [-0.25, -0.2) is 24.3 Å². The Bertz CT molecular complexity index is 1670. The molecule has 1 aliphatic rings. The molecule has 0 bridgehead atoms. The Hall–Kier alpha value is -4.93. The molecular weight excluding hydrogens is 475 g/mol. The molecule has 0 saturated carbocycles. The third-order valence-electron chi connectivity index (χ3n) is 6.36. The first kappa shape index (κ1) is 22.5. The van der Waals surface area contributed by atoms with Gasteiger partial charge in [-0.05, 0) is 42.8 Å². The van der Waals surface area contributed by atoms with Crippen molar-refractivity contribution < 1.29 is 13.9 Å². The fraction of sp³-hybridized carbons (Fsp3) is 0.154. The van der Waals surface area contributed by atoms with Crippen LogP contribution < -0.4 is 25.8 Å². The molecular formula is C26H23FN8O2. The number of methoxy groups -OCH3 is 1. The number of benzene rings is 2. The van der Waals surface area contributed by atoms with Crippen molar-refractivity contribution in [3.05, 3.63) is 66.5 Å². The summed E-state index contributed by atoms with van der Waals surface area (Å²) in [5.41, 5.74) is 16.5. The monoisotopic (exact) mass is 498 g/mol. The van der Waals surface area contributed by atoms with Crippen LogP contribution in [0.15, 0.2) is 55.0 Å². The van der Waals surface area contributed by atoms with E-state index in [1.165, 1.54) is 12.4 Å². The van der Waals surface area contributed by atoms with Gasteiger partial charge >= 0.3 is 6.01 Å². The van der Waals surface area contributed by atoms with Gasteiger partial charge in [0.1, 0.15) is 23.6 Å². The lowest BCUT2D eigenvalue weighted by Gasteiger charge is -2.23. The number of anilines is 4. The average Bonchev–Trinajstić information content (AvgIpc) is 3.44. The van der Waals surface area contributed by atoms with Gasteiger partial charge in [0.2, 0.25) is 0 Å². The average molecular weight is 499 g/mol. The second kappa shape index (κ2) is 8.63. The fourth-order valence-corrected chi connectivity index (χ4v) is 4.78. The van der Waals surface area contributed by atoms with Crippen LogP contribution in [0.3, 0.4) is 0 Å². The Kier molecular flexibility index (Phi) is 5.25. The van der Waals surface area contributed by atoms with Gasteiger partial charge in [-0.2, -0.15) is 0 Å². The number of aromatic nitrogens is 5. The van der Waals surface area contributed by atoms with Crippen molar-refractivity contribution in [2.24, 2.45) is 0 Å². The quantitative estimate of drug-likeness (QED) is 0.337. The highest BCUT2D eigenvalue weighted by Gasteiger charge is 2.33. The number of fused-ring (bicyclic) bond motifs is 3. The van der Waals surface area contributed by atoms with Crippen LogP contribution in [0.25, 0.3) is 22.2 Å². The lowest BCUT2D eigenvalue weighted by atomic mass is 10.0. The van der Waals surface area contributed by atoms with E-state index >= 15 is 4.39 Å². The number of halogens is 1. The van der Waals surface area contributed by atoms with Gasteiger partial charge < -0.3 is 30.4 Å². The molecule has 4 N–H and O–H groups in total. The second-order valence-corrected chi connectivity index (χ2v) is 8.59. The molecule has 0 unspecified atom stereocenters. The van der Waals surface area contributed by atoms with E-state index in [4.69, 9.17) is 20.9 Å². The Morgan fingerprint density at radius 1 is 1.03 bits per heavy atom. The molecule has 0 saturated heterocycles. The van der Waals surface area contributed by atoms with E-state index in [1.54, 1.807) is 44.5 Å². The Morgan fingerprint density at radius 3 is 2.68 bits per heavy atom. The maximum absolute atomic E-state index is 15.4. The molecule has 3 aromatic heterocycles. The molecule has 4 heterocycles. The lowest BCUT2D eigenvalue weighted by molar-refractivity contribution is 0.410. The van der Waals surface area contributed by atoms with Crippen LogP contribution >= 0.6 is 0 Å². The van der Waals surface area contributed by atoms with Crippen molar-refractivity contribution in [2.45, 2.75) is 13.5 Å². The summed E-state index contributed by atoms with van der Waals surface area (Å²) in [5.74, 6) is 1.08. The van der Waals surface area contributed by atoms with E-state index in [1.807, 2.05) is 16.7 Å². The Morgan fingerprint density at radius 2 is 1.89 bits per heavy atom. The standard InChI is InChI=1S/C26H23FN8O2/c1-14-8-9-30-26(33-14)37-19-7-6-15(12-16(19)27)20-21-23(29)31-13-32-24(21)35-11-10-34(25(20)35)18-5-3-4-17(28)22(18)36-2/h3-9,12-13H,10-11,28H2,1-2H3,(H2,29,31,32). The zero-order chi connectivity index (χ0) is 25.7. The highest BCUT2D eigenvalue weighted by molar-refractivity contribution is 6.08. The van der Waals surface area contributed by atoms with Crippen LogP contribution in [0.4, 0.5) is 27.4 Å². The third kappa shape index (κ3) is 3.63. The number of rotatable bonds is 5. The number of hydrogen-bond donors (Lipinski definition) is 2. The SMILES string of the molecule is COc1c(N)cccc1N1CCn2c1c(-c1ccc(Oc3nccc(C)n3)c(F)c1)c1c(N)ncnc12. The van der Waals surface area contributed by atoms with Crippen LogP contribution in [-0.2, 0) is 6.54 Å². The molecule has 2 aromatic carbocycles. The number of nitrogens with zero attached hydrogens (tertiary/aromatic N) is 6. The van der Waals surface area contributed by atoms with Crippen LogP contribution in [0.2, 0.25) is 0 Å². The van der Waals surface area contributed by atoms with E-state index in [0.717, 1.165) is 11.5 Å². The Labute approximate surface area is 211 Å². The summed E-state index contributed by atoms with van der Waals surface area (Å²) >= 11 is 0. The topological polar surface area (TPSA) is 130 Å². The first-order valence-corrected chi connectivity index (χ1v) is 11.6. The molecule has 0 atom stereocenters. The molecule has 1 aliphatic heterocycles. The van der Waals surface area contributed by atoms with Crippen LogP contribution in [0.1, 0.15) is 5.69 Å². The van der Waals surface area contributed by atoms with Gasteiger partial charge in [0, 0.05) is 30.5 Å². The number of nitrogen functional groups attached to an aromatic ring is 2. The third-order valence-corrected chi connectivity index (χ3v) is 6.36. The van der Waals surface area contributed by atoms with Gasteiger partial charge in [0.25, 0.3) is 0 Å². The van der Waals surface area contributed by atoms with E-state index in [0.29, 0.717) is 58.2 Å². The maximum Gasteiger partial charge on any atom is 0.322 e. The minimum atomic E-state index is -0.572. The number of aryl methyl sites for hydroxylation is 1. The van der Waals surface area contributed by atoms with Crippen LogP contribution in [-0.4, -0.2) is 38.2 Å². The molecule has 11 heteroatoms. The highest BCUT2D eigenvalue weighted by atomic mass is 19.1. The summed E-state index contributed by atoms with van der Waals surface area (Å²) in [7, 11) is 1.58. The number of ether oxygens (including phenoxy) is 2. The van der Waals surface area contributed by atoms with E-state index < -0.39 is 5.82 Å². The summed E-state index contributed by atoms with van der Waals surface area (Å²) in [6.45, 7) is 3.07. The largest absolute Gasteiger partial charge is 0.492 e.